The zero-order valence-corrected chi connectivity index (χ0v) is 10.9. The Balaban J connectivity index is 3.56. The zero-order chi connectivity index (χ0) is 14.1. The molecule has 0 aliphatic carbocycles. The van der Waals surface area contributed by atoms with Gasteiger partial charge in [-0.2, -0.15) is 13.2 Å². The maximum Gasteiger partial charge on any atom is 0.421 e. The van der Waals surface area contributed by atoms with Gasteiger partial charge in [0.15, 0.2) is 5.60 Å². The topological polar surface area (TPSA) is 29.5 Å². The van der Waals surface area contributed by atoms with Gasteiger partial charge in [0.25, 0.3) is 0 Å². The molecule has 0 aromatic heterocycles. The number of alkyl halides is 3. The Kier molecular flexibility index (Phi) is 3.96. The van der Waals surface area contributed by atoms with Crippen LogP contribution in [0.2, 0.25) is 0 Å². The lowest BCUT2D eigenvalue weighted by Gasteiger charge is -2.31. The molecule has 0 amide bonds. The first-order chi connectivity index (χ1) is 8.17. The Morgan fingerprint density at radius 1 is 1.22 bits per heavy atom. The number of halogens is 3. The molecular weight excluding hydrogens is 245 g/mol. The van der Waals surface area contributed by atoms with Crippen LogP contribution in [0.4, 0.5) is 13.2 Å². The highest BCUT2D eigenvalue weighted by Gasteiger charge is 2.55. The Morgan fingerprint density at radius 2 is 1.78 bits per heavy atom. The molecule has 1 rings (SSSR count). The Morgan fingerprint density at radius 3 is 2.17 bits per heavy atom. The highest BCUT2D eigenvalue weighted by molar-refractivity contribution is 5.47. The minimum atomic E-state index is -4.74. The van der Waals surface area contributed by atoms with Crippen molar-refractivity contribution in [1.82, 2.24) is 0 Å². The highest BCUT2D eigenvalue weighted by atomic mass is 19.4. The number of ether oxygens (including phenoxy) is 1. The van der Waals surface area contributed by atoms with E-state index in [-0.39, 0.29) is 11.3 Å². The molecule has 18 heavy (non-hydrogen) atoms. The standard InChI is InChI=1S/C13H17F3O2/c1-5-12(17,13(14,15)16)10-7-8(2)6-9(3)11(10)18-4/h6-7,17H,5H2,1-4H3. The van der Waals surface area contributed by atoms with Gasteiger partial charge in [0.05, 0.1) is 7.11 Å². The molecule has 1 aromatic carbocycles. The smallest absolute Gasteiger partial charge is 0.421 e. The zero-order valence-electron chi connectivity index (χ0n) is 10.9. The van der Waals surface area contributed by atoms with Gasteiger partial charge >= 0.3 is 6.18 Å². The van der Waals surface area contributed by atoms with E-state index < -0.39 is 18.2 Å². The van der Waals surface area contributed by atoms with Crippen LogP contribution in [0, 0.1) is 13.8 Å². The number of aliphatic hydroxyl groups is 1. The van der Waals surface area contributed by atoms with Crippen molar-refractivity contribution >= 4 is 0 Å². The van der Waals surface area contributed by atoms with E-state index in [4.69, 9.17) is 4.74 Å². The average molecular weight is 262 g/mol. The fourth-order valence-corrected chi connectivity index (χ4v) is 2.08. The van der Waals surface area contributed by atoms with Crippen molar-refractivity contribution in [3.8, 4) is 5.75 Å². The molecule has 0 heterocycles. The van der Waals surface area contributed by atoms with Crippen molar-refractivity contribution in [3.63, 3.8) is 0 Å². The third-order valence-electron chi connectivity index (χ3n) is 3.05. The normalized spacial score (nSPS) is 15.3. The average Bonchev–Trinajstić information content (AvgIpc) is 2.25. The van der Waals surface area contributed by atoms with Crippen LogP contribution in [-0.2, 0) is 5.60 Å². The Hall–Kier alpha value is -1.23. The van der Waals surface area contributed by atoms with Crippen LogP contribution in [0.3, 0.4) is 0 Å². The molecule has 2 nitrogen and oxygen atoms in total. The van der Waals surface area contributed by atoms with E-state index in [1.807, 2.05) is 0 Å². The third kappa shape index (κ3) is 2.32. The second-order valence-corrected chi connectivity index (χ2v) is 4.37. The number of hydrogen-bond acceptors (Lipinski definition) is 2. The van der Waals surface area contributed by atoms with Crippen molar-refractivity contribution in [1.29, 1.82) is 0 Å². The molecule has 5 heteroatoms. The molecule has 0 saturated heterocycles. The molecule has 1 atom stereocenters. The molecule has 1 unspecified atom stereocenters. The summed E-state index contributed by atoms with van der Waals surface area (Å²) >= 11 is 0. The number of aryl methyl sites for hydroxylation is 2. The van der Waals surface area contributed by atoms with E-state index >= 15 is 0 Å². The van der Waals surface area contributed by atoms with Crippen molar-refractivity contribution in [3.05, 3.63) is 28.8 Å². The first kappa shape index (κ1) is 14.8. The van der Waals surface area contributed by atoms with Gasteiger partial charge in [-0.15, -0.1) is 0 Å². The predicted octanol–water partition coefficient (Wildman–Crippen LogP) is 3.47. The van der Waals surface area contributed by atoms with Gasteiger partial charge in [0.2, 0.25) is 0 Å². The summed E-state index contributed by atoms with van der Waals surface area (Å²) in [6.07, 6.45) is -5.20. The fourth-order valence-electron chi connectivity index (χ4n) is 2.08. The second kappa shape index (κ2) is 4.80. The maximum atomic E-state index is 13.1. The van der Waals surface area contributed by atoms with Gasteiger partial charge in [-0.25, -0.2) is 0 Å². The Labute approximate surface area is 104 Å². The van der Waals surface area contributed by atoms with Crippen LogP contribution in [0.15, 0.2) is 12.1 Å². The van der Waals surface area contributed by atoms with Crippen molar-refractivity contribution in [2.24, 2.45) is 0 Å². The van der Waals surface area contributed by atoms with Gasteiger partial charge in [0, 0.05) is 5.56 Å². The Bertz CT molecular complexity index is 441. The van der Waals surface area contributed by atoms with Gasteiger partial charge in [-0.3, -0.25) is 0 Å². The van der Waals surface area contributed by atoms with Gasteiger partial charge in [-0.05, 0) is 31.9 Å². The lowest BCUT2D eigenvalue weighted by Crippen LogP contribution is -2.42. The van der Waals surface area contributed by atoms with Crippen LogP contribution in [0.5, 0.6) is 5.75 Å². The quantitative estimate of drug-likeness (QED) is 0.903. The third-order valence-corrected chi connectivity index (χ3v) is 3.05. The summed E-state index contributed by atoms with van der Waals surface area (Å²) < 4.78 is 44.2. The van der Waals surface area contributed by atoms with Crippen molar-refractivity contribution < 1.29 is 23.0 Å². The number of methoxy groups -OCH3 is 1. The van der Waals surface area contributed by atoms with Crippen molar-refractivity contribution in [2.75, 3.05) is 7.11 Å². The summed E-state index contributed by atoms with van der Waals surface area (Å²) in [6.45, 7) is 4.63. The molecule has 0 aliphatic rings. The fraction of sp³-hybridized carbons (Fsp3) is 0.538. The largest absolute Gasteiger partial charge is 0.496 e. The monoisotopic (exact) mass is 262 g/mol. The summed E-state index contributed by atoms with van der Waals surface area (Å²) in [5.74, 6) is 0.0854. The summed E-state index contributed by atoms with van der Waals surface area (Å²) in [5.41, 5.74) is -1.88. The summed E-state index contributed by atoms with van der Waals surface area (Å²) in [4.78, 5) is 0. The lowest BCUT2D eigenvalue weighted by atomic mass is 9.87. The van der Waals surface area contributed by atoms with Crippen LogP contribution in [-0.4, -0.2) is 18.4 Å². The molecule has 1 aromatic rings. The van der Waals surface area contributed by atoms with E-state index in [0.29, 0.717) is 11.1 Å². The van der Waals surface area contributed by atoms with Gasteiger partial charge in [-0.1, -0.05) is 18.6 Å². The lowest BCUT2D eigenvalue weighted by molar-refractivity contribution is -0.268. The number of hydrogen-bond donors (Lipinski definition) is 1. The van der Waals surface area contributed by atoms with Crippen LogP contribution >= 0.6 is 0 Å². The van der Waals surface area contributed by atoms with E-state index in [0.717, 1.165) is 0 Å². The first-order valence-electron chi connectivity index (χ1n) is 5.62. The van der Waals surface area contributed by atoms with E-state index in [1.54, 1.807) is 19.9 Å². The summed E-state index contributed by atoms with van der Waals surface area (Å²) in [5, 5.41) is 9.98. The van der Waals surface area contributed by atoms with Gasteiger partial charge < -0.3 is 9.84 Å². The molecular formula is C13H17F3O2. The van der Waals surface area contributed by atoms with E-state index in [9.17, 15) is 18.3 Å². The van der Waals surface area contributed by atoms with Crippen LogP contribution < -0.4 is 4.74 Å². The van der Waals surface area contributed by atoms with E-state index in [2.05, 4.69) is 0 Å². The van der Waals surface area contributed by atoms with Crippen LogP contribution in [0.1, 0.15) is 30.0 Å². The van der Waals surface area contributed by atoms with Gasteiger partial charge in [0.1, 0.15) is 5.75 Å². The molecule has 0 radical (unpaired) electrons. The maximum absolute atomic E-state index is 13.1. The van der Waals surface area contributed by atoms with Crippen LogP contribution in [0.25, 0.3) is 0 Å². The van der Waals surface area contributed by atoms with E-state index in [1.165, 1.54) is 20.1 Å². The predicted molar refractivity (Wildman–Crippen MR) is 62.7 cm³/mol. The molecule has 0 bridgehead atoms. The number of rotatable bonds is 3. The highest BCUT2D eigenvalue weighted by Crippen LogP contribution is 2.46. The first-order valence-corrected chi connectivity index (χ1v) is 5.62. The molecule has 102 valence electrons. The number of benzene rings is 1. The SMILES string of the molecule is CCC(O)(c1cc(C)cc(C)c1OC)C(F)(F)F. The minimum absolute atomic E-state index is 0.0854. The summed E-state index contributed by atoms with van der Waals surface area (Å²) in [6, 6.07) is 3.04. The second-order valence-electron chi connectivity index (χ2n) is 4.37. The molecule has 0 aliphatic heterocycles. The molecule has 0 spiro atoms. The summed E-state index contributed by atoms with van der Waals surface area (Å²) in [7, 11) is 1.30. The molecule has 0 fully saturated rings. The molecule has 0 saturated carbocycles. The van der Waals surface area contributed by atoms with Crippen molar-refractivity contribution in [2.45, 2.75) is 39.0 Å². The molecule has 1 N–H and O–H groups in total. The minimum Gasteiger partial charge on any atom is -0.496 e.